The van der Waals surface area contributed by atoms with Crippen LogP contribution in [-0.4, -0.2) is 50.4 Å². The van der Waals surface area contributed by atoms with Crippen molar-refractivity contribution in [3.05, 3.63) is 0 Å². The summed E-state index contributed by atoms with van der Waals surface area (Å²) in [5.74, 6) is 0. The van der Waals surface area contributed by atoms with E-state index in [2.05, 4.69) is 4.18 Å². The molecular weight excluding hydrogens is 159 g/mol. The third-order valence-electron chi connectivity index (χ3n) is 0.327. The predicted octanol–water partition coefficient (Wildman–Crippen LogP) is -1.89. The first kappa shape index (κ1) is 12.0. The molecule has 0 unspecified atom stereocenters. The van der Waals surface area contributed by atoms with Gasteiger partial charge in [-0.1, -0.05) is 0 Å². The molecule has 0 saturated carbocycles. The van der Waals surface area contributed by atoms with Gasteiger partial charge in [0.05, 0.1) is 0 Å². The monoisotopic (exact) mass is 164 g/mol. The van der Waals surface area contributed by atoms with Gasteiger partial charge in [-0.15, -0.1) is 0 Å². The van der Waals surface area contributed by atoms with E-state index < -0.39 is 10.5 Å². The first-order valence-corrected chi connectivity index (χ1v) is 3.18. The van der Waals surface area contributed by atoms with Crippen molar-refractivity contribution in [1.82, 2.24) is 0 Å². The van der Waals surface area contributed by atoms with E-state index in [9.17, 15) is 13.8 Å². The predicted molar refractivity (Wildman–Crippen MR) is 33.2 cm³/mol. The number of carbonyl (C=O) groups excluding carboxylic acids is 2. The Hall–Kier alpha value is 0.250. The number of carbonyl (C=O) groups is 2. The van der Waals surface area contributed by atoms with Crippen molar-refractivity contribution in [2.24, 2.45) is 0 Å². The molecule has 0 radical (unpaired) electrons. The molecule has 0 aromatic heterocycles. The van der Waals surface area contributed by atoms with Crippen LogP contribution in [0.25, 0.3) is 0 Å². The molecule has 7 heteroatoms. The van der Waals surface area contributed by atoms with Crippen molar-refractivity contribution >= 4 is 52.1 Å². The van der Waals surface area contributed by atoms with E-state index in [1.807, 2.05) is 0 Å². The first-order chi connectivity index (χ1) is 3.62. The minimum atomic E-state index is -4.22. The van der Waals surface area contributed by atoms with E-state index in [0.717, 1.165) is 0 Å². The van der Waals surface area contributed by atoms with E-state index in [1.54, 1.807) is 0 Å². The fourth-order valence-corrected chi connectivity index (χ4v) is 0.260. The Bertz CT molecular complexity index is 144. The van der Waals surface area contributed by atoms with Crippen LogP contribution in [0.5, 0.6) is 0 Å². The van der Waals surface area contributed by atoms with Crippen LogP contribution in [0.3, 0.4) is 0 Å². The number of thiol groups is 1. The summed E-state index contributed by atoms with van der Waals surface area (Å²) in [5, 5.41) is 0. The van der Waals surface area contributed by atoms with Gasteiger partial charge in [0.2, 0.25) is 5.62 Å². The third-order valence-corrected chi connectivity index (χ3v) is 0.982. The molecule has 1 N–H and O–H groups in total. The van der Waals surface area contributed by atoms with Crippen molar-refractivity contribution in [3.63, 3.8) is 0 Å². The fraction of sp³-hybridized carbons (Fsp3) is 0. The average molecular weight is 164 g/mol. The molecule has 0 aliphatic carbocycles. The van der Waals surface area contributed by atoms with Gasteiger partial charge in [0.15, 0.2) is 10.5 Å². The van der Waals surface area contributed by atoms with E-state index in [-0.39, 0.29) is 41.6 Å². The zero-order chi connectivity index (χ0) is 6.62. The molecule has 0 amide bonds. The van der Waals surface area contributed by atoms with Gasteiger partial charge in [0.25, 0.3) is 0 Å². The second-order valence-corrected chi connectivity index (χ2v) is 2.42. The van der Waals surface area contributed by atoms with E-state index in [4.69, 9.17) is 4.55 Å². The zero-order valence-corrected chi connectivity index (χ0v) is 4.58. The molecule has 0 aliphatic rings. The van der Waals surface area contributed by atoms with Crippen LogP contribution in [0.2, 0.25) is 0 Å². The molecule has 0 aromatic carbocycles. The van der Waals surface area contributed by atoms with Crippen LogP contribution in [0.15, 0.2) is 0 Å². The second kappa shape index (κ2) is 5.07. The first-order valence-electron chi connectivity index (χ1n) is 1.53. The molecule has 0 spiro atoms. The second-order valence-electron chi connectivity index (χ2n) is 0.871. The van der Waals surface area contributed by atoms with Gasteiger partial charge in [-0.25, -0.2) is 4.21 Å². The molecule has 5 nitrogen and oxygen atoms in total. The third kappa shape index (κ3) is 6.13. The summed E-state index contributed by atoms with van der Waals surface area (Å²) in [5.41, 5.74) is -0.318. The maximum absolute atomic E-state index is 9.92. The topological polar surface area (TPSA) is 80.7 Å². The Kier molecular flexibility index (Phi) is 6.74. The number of hydrogen-bond acceptors (Lipinski definition) is 4. The maximum atomic E-state index is 9.92. The minimum absolute atomic E-state index is 0. The standard InChI is InChI=1S/C2H4O5S.Na.H/c3-1-7-8(5,6)2-4;;/h1-2,8H,(H,5,6);;. The summed E-state index contributed by atoms with van der Waals surface area (Å²) in [6.45, 7) is -0.255. The summed E-state index contributed by atoms with van der Waals surface area (Å²) in [7, 11) is -4.22. The molecule has 0 atom stereocenters. The van der Waals surface area contributed by atoms with Crippen molar-refractivity contribution in [2.75, 3.05) is 0 Å². The normalized spacial score (nSPS) is 10.8. The van der Waals surface area contributed by atoms with Crippen molar-refractivity contribution in [2.45, 2.75) is 0 Å². The molecule has 0 aromatic rings. The van der Waals surface area contributed by atoms with Gasteiger partial charge in [-0.2, -0.15) is 0 Å². The van der Waals surface area contributed by atoms with Crippen LogP contribution in [0, 0.1) is 0 Å². The Morgan fingerprint density at radius 1 is 1.44 bits per heavy atom. The fourth-order valence-electron chi connectivity index (χ4n) is 0.0865. The number of rotatable bonds is 3. The summed E-state index contributed by atoms with van der Waals surface area (Å²) in [6.07, 6.45) is 0. The van der Waals surface area contributed by atoms with Crippen LogP contribution in [-0.2, 0) is 24.3 Å². The van der Waals surface area contributed by atoms with Gasteiger partial charge in [0, 0.05) is 0 Å². The molecule has 50 valence electrons. The van der Waals surface area contributed by atoms with Gasteiger partial charge < -0.3 is 4.18 Å². The number of hydrogen-bond donors (Lipinski definition) is 2. The molecule has 0 saturated heterocycles. The van der Waals surface area contributed by atoms with Crippen molar-refractivity contribution in [1.29, 1.82) is 0 Å². The molecule has 0 heterocycles. The molecule has 0 bridgehead atoms. The molecule has 0 aliphatic heterocycles. The summed E-state index contributed by atoms with van der Waals surface area (Å²) in [6, 6.07) is 0. The van der Waals surface area contributed by atoms with E-state index >= 15 is 0 Å². The molecule has 9 heavy (non-hydrogen) atoms. The van der Waals surface area contributed by atoms with Gasteiger partial charge in [-0.3, -0.25) is 14.1 Å². The summed E-state index contributed by atoms with van der Waals surface area (Å²) < 4.78 is 21.4. The Labute approximate surface area is 74.5 Å². The molecule has 0 rings (SSSR count). The summed E-state index contributed by atoms with van der Waals surface area (Å²) >= 11 is 0. The van der Waals surface area contributed by atoms with Gasteiger partial charge in [0.1, 0.15) is 0 Å². The van der Waals surface area contributed by atoms with Gasteiger partial charge in [-0.05, 0) is 0 Å². The Morgan fingerprint density at radius 2 is 1.89 bits per heavy atom. The van der Waals surface area contributed by atoms with Crippen LogP contribution in [0.4, 0.5) is 0 Å². The van der Waals surface area contributed by atoms with Gasteiger partial charge >= 0.3 is 36.0 Å². The van der Waals surface area contributed by atoms with E-state index in [0.29, 0.717) is 0 Å². The molecule has 0 fully saturated rings. The molecular formula is C2H5NaO5S. The summed E-state index contributed by atoms with van der Waals surface area (Å²) in [4.78, 5) is 18.7. The van der Waals surface area contributed by atoms with Crippen LogP contribution >= 0.6 is 0 Å². The average Bonchev–Trinajstić information content (AvgIpc) is 1.67. The van der Waals surface area contributed by atoms with Crippen molar-refractivity contribution < 1.29 is 22.5 Å². The van der Waals surface area contributed by atoms with E-state index in [1.165, 1.54) is 0 Å². The zero-order valence-electron chi connectivity index (χ0n) is 3.68. The Morgan fingerprint density at radius 3 is 2.00 bits per heavy atom. The quantitative estimate of drug-likeness (QED) is 0.289. The van der Waals surface area contributed by atoms with Crippen LogP contribution in [0.1, 0.15) is 0 Å². The van der Waals surface area contributed by atoms with Crippen LogP contribution < -0.4 is 0 Å². The SMILES string of the molecule is O=CO[SH](=O)(O)C=O.[NaH]. The van der Waals surface area contributed by atoms with Crippen molar-refractivity contribution in [3.8, 4) is 0 Å². The Balaban J connectivity index is 0.